The highest BCUT2D eigenvalue weighted by Gasteiger charge is 2.56. The zero-order valence-electron chi connectivity index (χ0n) is 12.3. The summed E-state index contributed by atoms with van der Waals surface area (Å²) < 4.78 is 5.71. The minimum atomic E-state index is -0.900. The molecule has 2 saturated heterocycles. The standard InChI is InChI=1S/C17H19NO4/c19-16(14-12-5-6-13(22-12)15(14)17(20)21)18-8-7-10-3-1-2-4-11(10)9-18/h1-4,12-15H,5-9H2,(H,20,21)/t12-,13-,14-,15-/m1/s1. The molecule has 116 valence electrons. The van der Waals surface area contributed by atoms with Crippen LogP contribution in [-0.4, -0.2) is 40.6 Å². The van der Waals surface area contributed by atoms with Crippen molar-refractivity contribution in [2.45, 2.75) is 38.0 Å². The molecule has 0 aliphatic carbocycles. The van der Waals surface area contributed by atoms with Gasteiger partial charge in [-0.05, 0) is 30.4 Å². The highest BCUT2D eigenvalue weighted by Crippen LogP contribution is 2.44. The molecule has 2 fully saturated rings. The maximum absolute atomic E-state index is 12.9. The summed E-state index contributed by atoms with van der Waals surface area (Å²) in [5.41, 5.74) is 2.45. The monoisotopic (exact) mass is 301 g/mol. The molecule has 2 bridgehead atoms. The number of aliphatic carboxylic acids is 1. The van der Waals surface area contributed by atoms with Crippen molar-refractivity contribution in [2.24, 2.45) is 11.8 Å². The Morgan fingerprint density at radius 1 is 1.09 bits per heavy atom. The number of hydrogen-bond acceptors (Lipinski definition) is 3. The fraction of sp³-hybridized carbons (Fsp3) is 0.529. The van der Waals surface area contributed by atoms with Gasteiger partial charge in [0.25, 0.3) is 0 Å². The third-order valence-corrected chi connectivity index (χ3v) is 5.29. The Morgan fingerprint density at radius 2 is 1.77 bits per heavy atom. The number of ether oxygens (including phenoxy) is 1. The highest BCUT2D eigenvalue weighted by atomic mass is 16.5. The fourth-order valence-electron chi connectivity index (χ4n) is 4.20. The Bertz CT molecular complexity index is 629. The average Bonchev–Trinajstić information content (AvgIpc) is 3.14. The predicted octanol–water partition coefficient (Wildman–Crippen LogP) is 1.45. The number of benzene rings is 1. The molecule has 5 heteroatoms. The molecule has 4 rings (SSSR count). The molecule has 1 N–H and O–H groups in total. The number of carboxylic acids is 1. The Labute approximate surface area is 128 Å². The Kier molecular flexibility index (Phi) is 3.18. The maximum atomic E-state index is 12.9. The van der Waals surface area contributed by atoms with Crippen molar-refractivity contribution in [3.8, 4) is 0 Å². The van der Waals surface area contributed by atoms with E-state index in [4.69, 9.17) is 4.74 Å². The van der Waals surface area contributed by atoms with Gasteiger partial charge in [-0.25, -0.2) is 0 Å². The first-order valence-corrected chi connectivity index (χ1v) is 7.89. The summed E-state index contributed by atoms with van der Waals surface area (Å²) in [4.78, 5) is 26.2. The predicted molar refractivity (Wildman–Crippen MR) is 78.1 cm³/mol. The third kappa shape index (κ3) is 2.03. The van der Waals surface area contributed by atoms with Crippen LogP contribution in [0.3, 0.4) is 0 Å². The number of carbonyl (C=O) groups is 2. The van der Waals surface area contributed by atoms with Gasteiger partial charge in [-0.3, -0.25) is 9.59 Å². The Balaban J connectivity index is 1.56. The van der Waals surface area contributed by atoms with Gasteiger partial charge in [-0.2, -0.15) is 0 Å². The minimum Gasteiger partial charge on any atom is -0.481 e. The van der Waals surface area contributed by atoms with Crippen molar-refractivity contribution in [3.05, 3.63) is 35.4 Å². The van der Waals surface area contributed by atoms with Crippen molar-refractivity contribution in [3.63, 3.8) is 0 Å². The van der Waals surface area contributed by atoms with Crippen LogP contribution in [0.5, 0.6) is 0 Å². The first kappa shape index (κ1) is 13.8. The normalized spacial score (nSPS) is 32.8. The first-order valence-electron chi connectivity index (χ1n) is 7.89. The highest BCUT2D eigenvalue weighted by molar-refractivity contribution is 5.86. The van der Waals surface area contributed by atoms with Gasteiger partial charge in [0.1, 0.15) is 0 Å². The van der Waals surface area contributed by atoms with Crippen LogP contribution in [0.4, 0.5) is 0 Å². The molecule has 0 unspecified atom stereocenters. The molecule has 1 aromatic rings. The van der Waals surface area contributed by atoms with E-state index in [0.29, 0.717) is 13.1 Å². The van der Waals surface area contributed by atoms with E-state index in [1.54, 1.807) is 0 Å². The van der Waals surface area contributed by atoms with Crippen LogP contribution in [0.15, 0.2) is 24.3 Å². The number of hydrogen-bond donors (Lipinski definition) is 1. The van der Waals surface area contributed by atoms with Crippen LogP contribution in [0.2, 0.25) is 0 Å². The van der Waals surface area contributed by atoms with E-state index in [1.807, 2.05) is 23.1 Å². The fourth-order valence-corrected chi connectivity index (χ4v) is 4.20. The molecule has 4 atom stereocenters. The molecule has 3 aliphatic rings. The lowest BCUT2D eigenvalue weighted by atomic mass is 9.78. The lowest BCUT2D eigenvalue weighted by molar-refractivity contribution is -0.151. The van der Waals surface area contributed by atoms with Gasteiger partial charge in [0, 0.05) is 13.1 Å². The Hall–Kier alpha value is -1.88. The van der Waals surface area contributed by atoms with E-state index < -0.39 is 17.8 Å². The summed E-state index contributed by atoms with van der Waals surface area (Å²) in [7, 11) is 0. The van der Waals surface area contributed by atoms with Gasteiger partial charge in [0.05, 0.1) is 24.0 Å². The zero-order chi connectivity index (χ0) is 15.3. The number of amides is 1. The van der Waals surface area contributed by atoms with E-state index in [1.165, 1.54) is 5.56 Å². The van der Waals surface area contributed by atoms with E-state index in [2.05, 4.69) is 6.07 Å². The van der Waals surface area contributed by atoms with Crippen molar-refractivity contribution < 1.29 is 19.4 Å². The van der Waals surface area contributed by atoms with Crippen molar-refractivity contribution >= 4 is 11.9 Å². The molecule has 5 nitrogen and oxygen atoms in total. The summed E-state index contributed by atoms with van der Waals surface area (Å²) in [6.45, 7) is 1.24. The molecule has 0 radical (unpaired) electrons. The zero-order valence-corrected chi connectivity index (χ0v) is 12.3. The van der Waals surface area contributed by atoms with Gasteiger partial charge in [-0.1, -0.05) is 24.3 Å². The molecule has 0 saturated carbocycles. The molecular weight excluding hydrogens is 282 g/mol. The quantitative estimate of drug-likeness (QED) is 0.898. The van der Waals surface area contributed by atoms with Crippen LogP contribution >= 0.6 is 0 Å². The van der Waals surface area contributed by atoms with Gasteiger partial charge in [0.15, 0.2) is 0 Å². The smallest absolute Gasteiger partial charge is 0.310 e. The van der Waals surface area contributed by atoms with Gasteiger partial charge >= 0.3 is 5.97 Å². The molecule has 3 aliphatic heterocycles. The molecule has 0 aromatic heterocycles. The summed E-state index contributed by atoms with van der Waals surface area (Å²) in [5.74, 6) is -2.14. The lowest BCUT2D eigenvalue weighted by Crippen LogP contribution is -2.47. The van der Waals surface area contributed by atoms with E-state index in [0.717, 1.165) is 24.8 Å². The molecule has 1 aromatic carbocycles. The van der Waals surface area contributed by atoms with Crippen molar-refractivity contribution in [2.75, 3.05) is 6.54 Å². The largest absolute Gasteiger partial charge is 0.481 e. The Morgan fingerprint density at radius 3 is 2.50 bits per heavy atom. The van der Waals surface area contributed by atoms with Crippen LogP contribution in [-0.2, 0) is 27.3 Å². The molecule has 3 heterocycles. The van der Waals surface area contributed by atoms with Gasteiger partial charge in [0.2, 0.25) is 5.91 Å². The maximum Gasteiger partial charge on any atom is 0.310 e. The average molecular weight is 301 g/mol. The second kappa shape index (κ2) is 5.09. The van der Waals surface area contributed by atoms with Crippen LogP contribution < -0.4 is 0 Å². The van der Waals surface area contributed by atoms with Crippen LogP contribution in [0, 0.1) is 11.8 Å². The number of fused-ring (bicyclic) bond motifs is 3. The van der Waals surface area contributed by atoms with Crippen LogP contribution in [0.1, 0.15) is 24.0 Å². The SMILES string of the molecule is O=C(O)[C@H]1[C@H](C(=O)N2CCc3ccccc3C2)[C@H]2CC[C@H]1O2. The number of nitrogens with zero attached hydrogens (tertiary/aromatic N) is 1. The van der Waals surface area contributed by atoms with E-state index >= 15 is 0 Å². The molecule has 0 spiro atoms. The summed E-state index contributed by atoms with van der Waals surface area (Å²) >= 11 is 0. The second-order valence-corrected chi connectivity index (χ2v) is 6.46. The molecular formula is C17H19NO4. The first-order chi connectivity index (χ1) is 10.6. The minimum absolute atomic E-state index is 0.0471. The molecule has 1 amide bonds. The van der Waals surface area contributed by atoms with E-state index in [9.17, 15) is 14.7 Å². The number of rotatable bonds is 2. The van der Waals surface area contributed by atoms with Crippen molar-refractivity contribution in [1.29, 1.82) is 0 Å². The number of carboxylic acid groups (broad SMARTS) is 1. The van der Waals surface area contributed by atoms with Crippen molar-refractivity contribution in [1.82, 2.24) is 4.90 Å². The van der Waals surface area contributed by atoms with Crippen LogP contribution in [0.25, 0.3) is 0 Å². The summed E-state index contributed by atoms with van der Waals surface area (Å²) in [6.07, 6.45) is 1.90. The molecule has 22 heavy (non-hydrogen) atoms. The summed E-state index contributed by atoms with van der Waals surface area (Å²) in [6, 6.07) is 8.13. The number of carbonyl (C=O) groups excluding carboxylic acids is 1. The third-order valence-electron chi connectivity index (χ3n) is 5.29. The lowest BCUT2D eigenvalue weighted by Gasteiger charge is -2.34. The summed E-state index contributed by atoms with van der Waals surface area (Å²) in [5, 5.41) is 9.46. The topological polar surface area (TPSA) is 66.8 Å². The van der Waals surface area contributed by atoms with E-state index in [-0.39, 0.29) is 18.1 Å². The van der Waals surface area contributed by atoms with Gasteiger partial charge < -0.3 is 14.7 Å². The second-order valence-electron chi connectivity index (χ2n) is 6.46. The van der Waals surface area contributed by atoms with Gasteiger partial charge in [-0.15, -0.1) is 0 Å².